The van der Waals surface area contributed by atoms with Gasteiger partial charge in [0.05, 0.1) is 0 Å². The predicted molar refractivity (Wildman–Crippen MR) is 54.2 cm³/mol. The number of hydrogen-bond donors (Lipinski definition) is 1. The van der Waals surface area contributed by atoms with Crippen LogP contribution in [0.1, 0.15) is 38.5 Å². The van der Waals surface area contributed by atoms with Crippen LogP contribution >= 0.6 is 0 Å². The molecule has 1 N–H and O–H groups in total. The number of rotatable bonds is 1. The standard InChI is InChI=1S/C12H17N3O/c13-11-7-15(14-16-11)12-4-8-1-9(5-12)3-10(2-8)6-12/h7-10,13H,1-6H2. The molecule has 4 aliphatic carbocycles. The summed E-state index contributed by atoms with van der Waals surface area (Å²) < 4.78 is 6.91. The Hall–Kier alpha value is -1.06. The molecule has 4 bridgehead atoms. The molecule has 0 atom stereocenters. The van der Waals surface area contributed by atoms with Crippen molar-refractivity contribution in [1.82, 2.24) is 5.27 Å². The summed E-state index contributed by atoms with van der Waals surface area (Å²) in [7, 11) is 0. The number of aromatic nitrogens is 2. The Bertz CT molecular complexity index is 437. The first kappa shape index (κ1) is 9.02. The molecule has 0 spiro atoms. The maximum Gasteiger partial charge on any atom is 0.264 e. The van der Waals surface area contributed by atoms with Crippen LogP contribution in [0.25, 0.3) is 0 Å². The Labute approximate surface area is 94.1 Å². The van der Waals surface area contributed by atoms with Crippen LogP contribution in [0.5, 0.6) is 0 Å². The van der Waals surface area contributed by atoms with Gasteiger partial charge in [0.15, 0.2) is 5.54 Å². The van der Waals surface area contributed by atoms with Crippen LogP contribution in [0.2, 0.25) is 0 Å². The van der Waals surface area contributed by atoms with Gasteiger partial charge in [0.2, 0.25) is 6.20 Å². The molecule has 1 aromatic heterocycles. The van der Waals surface area contributed by atoms with Crippen LogP contribution in [-0.2, 0) is 5.54 Å². The summed E-state index contributed by atoms with van der Waals surface area (Å²) in [6, 6.07) is 0. The summed E-state index contributed by atoms with van der Waals surface area (Å²) in [5, 5.41) is 11.5. The Morgan fingerprint density at radius 3 is 2.19 bits per heavy atom. The van der Waals surface area contributed by atoms with E-state index in [9.17, 15) is 0 Å². The molecule has 4 saturated carbocycles. The first-order valence-corrected chi connectivity index (χ1v) is 6.34. The van der Waals surface area contributed by atoms with Gasteiger partial charge in [0.1, 0.15) is 0 Å². The van der Waals surface area contributed by atoms with Gasteiger partial charge in [-0.05, 0) is 37.0 Å². The molecule has 86 valence electrons. The summed E-state index contributed by atoms with van der Waals surface area (Å²) in [6.45, 7) is 0. The average molecular weight is 219 g/mol. The fraction of sp³-hybridized carbons (Fsp3) is 0.833. The third-order valence-corrected chi connectivity index (χ3v) is 4.96. The molecule has 4 aliphatic rings. The molecule has 1 aromatic rings. The molecule has 0 amide bonds. The van der Waals surface area contributed by atoms with E-state index in [1.54, 1.807) is 6.20 Å². The van der Waals surface area contributed by atoms with E-state index in [2.05, 4.69) is 5.27 Å². The van der Waals surface area contributed by atoms with Crippen LogP contribution in [0.4, 0.5) is 0 Å². The minimum atomic E-state index is 0.191. The third-order valence-electron chi connectivity index (χ3n) is 4.96. The molecule has 4 heteroatoms. The topological polar surface area (TPSA) is 55.0 Å². The van der Waals surface area contributed by atoms with Crippen LogP contribution in [0.3, 0.4) is 0 Å². The van der Waals surface area contributed by atoms with Crippen molar-refractivity contribution in [2.45, 2.75) is 44.1 Å². The van der Waals surface area contributed by atoms with Crippen molar-refractivity contribution >= 4 is 0 Å². The molecule has 0 unspecified atom stereocenters. The first-order valence-electron chi connectivity index (χ1n) is 6.34. The molecular weight excluding hydrogens is 202 g/mol. The maximum absolute atomic E-state index is 7.48. The van der Waals surface area contributed by atoms with Gasteiger partial charge in [-0.1, -0.05) is 0 Å². The first-order chi connectivity index (χ1) is 7.73. The van der Waals surface area contributed by atoms with Crippen LogP contribution in [0, 0.1) is 23.2 Å². The van der Waals surface area contributed by atoms with Crippen molar-refractivity contribution in [1.29, 1.82) is 5.41 Å². The van der Waals surface area contributed by atoms with E-state index in [1.165, 1.54) is 38.5 Å². The van der Waals surface area contributed by atoms with Gasteiger partial charge >= 0.3 is 0 Å². The molecule has 4 nitrogen and oxygen atoms in total. The minimum absolute atomic E-state index is 0.191. The molecule has 5 rings (SSSR count). The van der Waals surface area contributed by atoms with Crippen molar-refractivity contribution in [3.63, 3.8) is 0 Å². The molecule has 1 heterocycles. The highest BCUT2D eigenvalue weighted by Crippen LogP contribution is 2.56. The second-order valence-electron chi connectivity index (χ2n) is 6.15. The highest BCUT2D eigenvalue weighted by atomic mass is 16.5. The zero-order chi connectivity index (χ0) is 10.8. The molecular formula is C12H17N3O. The van der Waals surface area contributed by atoms with Gasteiger partial charge in [0, 0.05) is 19.3 Å². The normalized spacial score (nSPS) is 45.1. The van der Waals surface area contributed by atoms with Gasteiger partial charge < -0.3 is 4.52 Å². The Balaban J connectivity index is 1.79. The number of nitrogens with one attached hydrogen (secondary N) is 1. The van der Waals surface area contributed by atoms with Gasteiger partial charge in [-0.25, -0.2) is 4.68 Å². The third kappa shape index (κ3) is 1.10. The maximum atomic E-state index is 7.48. The minimum Gasteiger partial charge on any atom is -0.487 e. The van der Waals surface area contributed by atoms with E-state index in [0.717, 1.165) is 17.8 Å². The van der Waals surface area contributed by atoms with Crippen LogP contribution in [0.15, 0.2) is 10.7 Å². The van der Waals surface area contributed by atoms with Crippen LogP contribution in [-0.4, -0.2) is 0 Å². The lowest BCUT2D eigenvalue weighted by molar-refractivity contribution is -0.836. The molecule has 0 saturated heterocycles. The average Bonchev–Trinajstić information content (AvgIpc) is 2.63. The second kappa shape index (κ2) is 2.79. The van der Waals surface area contributed by atoms with Crippen molar-refractivity contribution in [3.8, 4) is 0 Å². The molecule has 4 fully saturated rings. The molecule has 0 aliphatic heterocycles. The van der Waals surface area contributed by atoms with Crippen LogP contribution < -0.4 is 15.5 Å². The lowest BCUT2D eigenvalue weighted by atomic mass is 9.53. The monoisotopic (exact) mass is 219 g/mol. The summed E-state index contributed by atoms with van der Waals surface area (Å²) in [4.78, 5) is 0. The fourth-order valence-corrected chi connectivity index (χ4v) is 4.82. The Kier molecular flexibility index (Phi) is 1.57. The van der Waals surface area contributed by atoms with E-state index in [4.69, 9.17) is 9.93 Å². The quantitative estimate of drug-likeness (QED) is 0.714. The smallest absolute Gasteiger partial charge is 0.264 e. The predicted octanol–water partition coefficient (Wildman–Crippen LogP) is 0.929. The van der Waals surface area contributed by atoms with Gasteiger partial charge in [-0.15, -0.1) is 0 Å². The summed E-state index contributed by atoms with van der Waals surface area (Å²) in [6.07, 6.45) is 9.86. The summed E-state index contributed by atoms with van der Waals surface area (Å²) in [5.74, 6) is 2.72. The molecule has 0 aromatic carbocycles. The highest BCUT2D eigenvalue weighted by Gasteiger charge is 2.55. The lowest BCUT2D eigenvalue weighted by Crippen LogP contribution is -2.66. The zero-order valence-corrected chi connectivity index (χ0v) is 9.35. The Morgan fingerprint density at radius 2 is 1.75 bits per heavy atom. The highest BCUT2D eigenvalue weighted by molar-refractivity contribution is 4.98. The number of hydrogen-bond acceptors (Lipinski definition) is 2. The largest absolute Gasteiger partial charge is 0.487 e. The SMILES string of the molecule is N=c1c[n+](C23CC4CC(CC(C4)C2)C3)[n-]o1. The van der Waals surface area contributed by atoms with Gasteiger partial charge in [-0.3, -0.25) is 10.7 Å². The van der Waals surface area contributed by atoms with E-state index < -0.39 is 0 Å². The fourth-order valence-electron chi connectivity index (χ4n) is 4.82. The zero-order valence-electron chi connectivity index (χ0n) is 9.35. The molecule has 0 radical (unpaired) electrons. The van der Waals surface area contributed by atoms with E-state index in [0.29, 0.717) is 0 Å². The second-order valence-corrected chi connectivity index (χ2v) is 6.15. The van der Waals surface area contributed by atoms with Crippen molar-refractivity contribution in [2.24, 2.45) is 17.8 Å². The van der Waals surface area contributed by atoms with Crippen molar-refractivity contribution in [3.05, 3.63) is 11.8 Å². The summed E-state index contributed by atoms with van der Waals surface area (Å²) >= 11 is 0. The van der Waals surface area contributed by atoms with Crippen molar-refractivity contribution < 1.29 is 9.20 Å². The van der Waals surface area contributed by atoms with E-state index in [-0.39, 0.29) is 11.1 Å². The summed E-state index contributed by atoms with van der Waals surface area (Å²) in [5.41, 5.74) is 0.396. The Morgan fingerprint density at radius 1 is 1.19 bits per heavy atom. The van der Waals surface area contributed by atoms with Crippen molar-refractivity contribution in [2.75, 3.05) is 0 Å². The van der Waals surface area contributed by atoms with Gasteiger partial charge in [-0.2, -0.15) is 0 Å². The molecule has 16 heavy (non-hydrogen) atoms. The van der Waals surface area contributed by atoms with E-state index >= 15 is 0 Å². The lowest BCUT2D eigenvalue weighted by Gasteiger charge is -2.53. The van der Waals surface area contributed by atoms with Gasteiger partial charge in [0.25, 0.3) is 5.55 Å². The van der Waals surface area contributed by atoms with E-state index in [1.807, 2.05) is 4.68 Å². The number of nitrogens with zero attached hydrogens (tertiary/aromatic N) is 2.